The Balaban J connectivity index is 3.08. The van der Waals surface area contributed by atoms with Gasteiger partial charge in [-0.1, -0.05) is 12.1 Å². The van der Waals surface area contributed by atoms with Gasteiger partial charge in [0.15, 0.2) is 0 Å². The fraction of sp³-hybridized carbons (Fsp3) is 0.417. The third-order valence-electron chi connectivity index (χ3n) is 2.75. The molecule has 0 bridgehead atoms. The largest absolute Gasteiger partial charge is 0.501 e. The van der Waals surface area contributed by atoms with E-state index in [1.807, 2.05) is 0 Å². The van der Waals surface area contributed by atoms with E-state index >= 15 is 0 Å². The molecule has 0 spiro atoms. The minimum Gasteiger partial charge on any atom is -0.481 e. The summed E-state index contributed by atoms with van der Waals surface area (Å²) >= 11 is 0. The Hall–Kier alpha value is -1.77. The second kappa shape index (κ2) is 6.33. The molecule has 1 N–H and O–H groups in total. The van der Waals surface area contributed by atoms with Gasteiger partial charge >= 0.3 is 11.5 Å². The molecule has 0 saturated carbocycles. The monoisotopic (exact) mass is 325 g/mol. The summed E-state index contributed by atoms with van der Waals surface area (Å²) in [5, 5.41) is 8.52. The summed E-state index contributed by atoms with van der Waals surface area (Å²) in [6.07, 6.45) is 0.0325. The third kappa shape index (κ3) is 4.10. The second-order valence-electron chi connectivity index (χ2n) is 4.34. The predicted octanol–water partition coefficient (Wildman–Crippen LogP) is 2.28. The van der Waals surface area contributed by atoms with Gasteiger partial charge in [-0.2, -0.15) is 13.2 Å². The smallest absolute Gasteiger partial charge is 0.481 e. The van der Waals surface area contributed by atoms with Gasteiger partial charge in [0.25, 0.3) is 9.84 Å². The van der Waals surface area contributed by atoms with Gasteiger partial charge in [0.1, 0.15) is 0 Å². The molecule has 0 radical (unpaired) electrons. The number of anilines is 1. The van der Waals surface area contributed by atoms with E-state index in [9.17, 15) is 26.4 Å². The van der Waals surface area contributed by atoms with Gasteiger partial charge in [0.05, 0.1) is 10.6 Å². The van der Waals surface area contributed by atoms with Crippen LogP contribution in [0, 0.1) is 0 Å². The molecule has 0 aliphatic carbocycles. The molecule has 0 atom stereocenters. The molecule has 0 aliphatic rings. The van der Waals surface area contributed by atoms with Gasteiger partial charge in [-0.05, 0) is 18.6 Å². The summed E-state index contributed by atoms with van der Waals surface area (Å²) < 4.78 is 60.9. The van der Waals surface area contributed by atoms with E-state index in [4.69, 9.17) is 5.11 Å². The molecule has 5 nitrogen and oxygen atoms in total. The van der Waals surface area contributed by atoms with Gasteiger partial charge in [0.2, 0.25) is 0 Å². The molecule has 1 aromatic rings. The van der Waals surface area contributed by atoms with Gasteiger partial charge in [-0.25, -0.2) is 8.42 Å². The molecule has 21 heavy (non-hydrogen) atoms. The average molecular weight is 325 g/mol. The van der Waals surface area contributed by atoms with E-state index in [0.717, 1.165) is 6.07 Å². The molecule has 0 heterocycles. The molecule has 0 unspecified atom stereocenters. The number of hydrogen-bond donors (Lipinski definition) is 1. The van der Waals surface area contributed by atoms with E-state index in [1.54, 1.807) is 0 Å². The van der Waals surface area contributed by atoms with Crippen LogP contribution in [-0.4, -0.2) is 38.6 Å². The molecule has 0 fully saturated rings. The van der Waals surface area contributed by atoms with Crippen molar-refractivity contribution >= 4 is 21.5 Å². The summed E-state index contributed by atoms with van der Waals surface area (Å²) in [4.78, 5) is 10.9. The maximum Gasteiger partial charge on any atom is 0.501 e. The molecule has 1 aromatic carbocycles. The van der Waals surface area contributed by atoms with Crippen molar-refractivity contribution in [1.82, 2.24) is 0 Å². The van der Waals surface area contributed by atoms with Crippen molar-refractivity contribution in [2.75, 3.05) is 18.5 Å². The Morgan fingerprint density at radius 3 is 2.38 bits per heavy atom. The highest BCUT2D eigenvalue weighted by Gasteiger charge is 2.48. The van der Waals surface area contributed by atoms with Gasteiger partial charge in [-0.15, -0.1) is 0 Å². The van der Waals surface area contributed by atoms with E-state index in [2.05, 4.69) is 0 Å². The van der Waals surface area contributed by atoms with Crippen molar-refractivity contribution < 1.29 is 31.5 Å². The lowest BCUT2D eigenvalue weighted by Gasteiger charge is -2.22. The van der Waals surface area contributed by atoms with Crippen molar-refractivity contribution in [1.29, 1.82) is 0 Å². The second-order valence-corrected chi connectivity index (χ2v) is 6.25. The number of rotatable bonds is 6. The summed E-state index contributed by atoms with van der Waals surface area (Å²) in [7, 11) is -4.04. The number of nitrogens with zero attached hydrogens (tertiary/aromatic N) is 1. The average Bonchev–Trinajstić information content (AvgIpc) is 2.36. The van der Waals surface area contributed by atoms with Crippen LogP contribution in [0.15, 0.2) is 29.2 Å². The lowest BCUT2D eigenvalue weighted by molar-refractivity contribution is -0.137. The Labute approximate surface area is 119 Å². The molecule has 1 rings (SSSR count). The molecule has 0 saturated heterocycles. The molecule has 0 aliphatic heterocycles. The fourth-order valence-corrected chi connectivity index (χ4v) is 2.72. The first-order chi connectivity index (χ1) is 9.57. The van der Waals surface area contributed by atoms with Crippen LogP contribution in [0.3, 0.4) is 0 Å². The van der Waals surface area contributed by atoms with Crippen LogP contribution in [0.5, 0.6) is 0 Å². The lowest BCUT2D eigenvalue weighted by Crippen LogP contribution is -2.27. The van der Waals surface area contributed by atoms with Crippen LogP contribution in [-0.2, 0) is 14.6 Å². The van der Waals surface area contributed by atoms with Gasteiger partial charge in [0, 0.05) is 20.0 Å². The van der Waals surface area contributed by atoms with Crippen LogP contribution in [0.4, 0.5) is 18.9 Å². The van der Waals surface area contributed by atoms with Gasteiger partial charge < -0.3 is 10.0 Å². The Morgan fingerprint density at radius 2 is 1.86 bits per heavy atom. The molecule has 0 aromatic heterocycles. The Morgan fingerprint density at radius 1 is 1.29 bits per heavy atom. The standard InChI is InChI=1S/C12H14F3NO4S/c1-16(8-4-7-11(17)18)9-5-2-3-6-10(9)21(19,20)12(13,14)15/h2-3,5-6H,4,7-8H2,1H3,(H,17,18). The van der Waals surface area contributed by atoms with Crippen molar-refractivity contribution in [3.8, 4) is 0 Å². The van der Waals surface area contributed by atoms with Crippen LogP contribution in [0.1, 0.15) is 12.8 Å². The first kappa shape index (κ1) is 17.3. The predicted molar refractivity (Wildman–Crippen MR) is 69.8 cm³/mol. The van der Waals surface area contributed by atoms with Crippen LogP contribution >= 0.6 is 0 Å². The minimum absolute atomic E-state index is 0.111. The molecule has 0 amide bonds. The summed E-state index contributed by atoms with van der Waals surface area (Å²) in [6, 6.07) is 4.75. The van der Waals surface area contributed by atoms with Crippen LogP contribution in [0.25, 0.3) is 0 Å². The number of halogens is 3. The third-order valence-corrected chi connectivity index (χ3v) is 4.29. The maximum absolute atomic E-state index is 12.6. The topological polar surface area (TPSA) is 74.7 Å². The van der Waals surface area contributed by atoms with Crippen LogP contribution in [0.2, 0.25) is 0 Å². The van der Waals surface area contributed by atoms with E-state index in [-0.39, 0.29) is 25.1 Å². The molecular formula is C12H14F3NO4S. The number of carbonyl (C=O) groups is 1. The zero-order valence-corrected chi connectivity index (χ0v) is 11.9. The number of para-hydroxylation sites is 1. The Bertz CT molecular complexity index is 613. The number of sulfone groups is 1. The minimum atomic E-state index is -5.45. The highest BCUT2D eigenvalue weighted by molar-refractivity contribution is 7.92. The van der Waals surface area contributed by atoms with Crippen LogP contribution < -0.4 is 4.90 Å². The zero-order valence-electron chi connectivity index (χ0n) is 11.1. The quantitative estimate of drug-likeness (QED) is 0.868. The number of aliphatic carboxylic acids is 1. The van der Waals surface area contributed by atoms with Crippen molar-refractivity contribution in [2.24, 2.45) is 0 Å². The highest BCUT2D eigenvalue weighted by atomic mass is 32.2. The van der Waals surface area contributed by atoms with Crippen molar-refractivity contribution in [2.45, 2.75) is 23.2 Å². The van der Waals surface area contributed by atoms with E-state index in [1.165, 1.54) is 30.1 Å². The number of carboxylic acids is 1. The summed E-state index contributed by atoms with van der Waals surface area (Å²) in [5.74, 6) is -1.03. The summed E-state index contributed by atoms with van der Waals surface area (Å²) in [5.41, 5.74) is -5.49. The fourth-order valence-electron chi connectivity index (χ4n) is 1.71. The molecular weight excluding hydrogens is 311 g/mol. The Kier molecular flexibility index (Phi) is 5.21. The summed E-state index contributed by atoms with van der Waals surface area (Å²) in [6.45, 7) is 0.122. The SMILES string of the molecule is CN(CCCC(=O)O)c1ccccc1S(=O)(=O)C(F)(F)F. The highest BCUT2D eigenvalue weighted by Crippen LogP contribution is 2.35. The van der Waals surface area contributed by atoms with Gasteiger partial charge in [-0.3, -0.25) is 4.79 Å². The number of benzene rings is 1. The normalized spacial score (nSPS) is 12.2. The van der Waals surface area contributed by atoms with E-state index in [0.29, 0.717) is 0 Å². The number of carboxylic acid groups (broad SMARTS) is 1. The number of alkyl halides is 3. The lowest BCUT2D eigenvalue weighted by atomic mass is 10.2. The molecule has 9 heteroatoms. The zero-order chi connectivity index (χ0) is 16.3. The first-order valence-electron chi connectivity index (χ1n) is 5.90. The van der Waals surface area contributed by atoms with Crippen molar-refractivity contribution in [3.63, 3.8) is 0 Å². The number of hydrogen-bond acceptors (Lipinski definition) is 4. The van der Waals surface area contributed by atoms with E-state index < -0.39 is 26.2 Å². The maximum atomic E-state index is 12.6. The van der Waals surface area contributed by atoms with Crippen molar-refractivity contribution in [3.05, 3.63) is 24.3 Å². The first-order valence-corrected chi connectivity index (χ1v) is 7.39. The molecule has 118 valence electrons.